The van der Waals surface area contributed by atoms with Crippen LogP contribution in [-0.2, 0) is 13.1 Å². The van der Waals surface area contributed by atoms with Gasteiger partial charge in [-0.25, -0.2) is 0 Å². The highest BCUT2D eigenvalue weighted by Gasteiger charge is 2.12. The van der Waals surface area contributed by atoms with E-state index in [1.165, 1.54) is 12.1 Å². The highest BCUT2D eigenvalue weighted by molar-refractivity contribution is 5.55. The van der Waals surface area contributed by atoms with Crippen LogP contribution in [0.1, 0.15) is 11.1 Å². The van der Waals surface area contributed by atoms with Gasteiger partial charge in [-0.15, -0.1) is 0 Å². The second-order valence-corrected chi connectivity index (χ2v) is 4.55. The van der Waals surface area contributed by atoms with E-state index in [1.54, 1.807) is 18.6 Å². The molecule has 0 saturated carbocycles. The van der Waals surface area contributed by atoms with Crippen LogP contribution in [0.15, 0.2) is 41.2 Å². The van der Waals surface area contributed by atoms with Crippen molar-refractivity contribution in [2.45, 2.75) is 13.1 Å². The van der Waals surface area contributed by atoms with E-state index < -0.39 is 4.92 Å². The number of hydrogen-bond acceptors (Lipinski definition) is 6. The molecule has 1 heterocycles. The van der Waals surface area contributed by atoms with Gasteiger partial charge in [-0.2, -0.15) is 0 Å². The van der Waals surface area contributed by atoms with Gasteiger partial charge >= 0.3 is 0 Å². The van der Waals surface area contributed by atoms with E-state index >= 15 is 0 Å². The van der Waals surface area contributed by atoms with Crippen LogP contribution in [0, 0.1) is 10.1 Å². The van der Waals surface area contributed by atoms with Gasteiger partial charge in [0.1, 0.15) is 0 Å². The van der Waals surface area contributed by atoms with Gasteiger partial charge in [-0.3, -0.25) is 20.9 Å². The number of nitrogens with one attached hydrogen (secondary N) is 1. The highest BCUT2D eigenvalue weighted by atomic mass is 16.6. The van der Waals surface area contributed by atoms with E-state index in [0.29, 0.717) is 18.8 Å². The lowest BCUT2D eigenvalue weighted by atomic mass is 10.1. The molecule has 20 heavy (non-hydrogen) atoms. The number of furan rings is 1. The Bertz CT molecular complexity index is 583. The van der Waals surface area contributed by atoms with Gasteiger partial charge in [0, 0.05) is 30.8 Å². The Balaban J connectivity index is 2.14. The molecule has 0 atom stereocenters. The Morgan fingerprint density at radius 1 is 1.40 bits per heavy atom. The lowest BCUT2D eigenvalue weighted by Crippen LogP contribution is -2.19. The van der Waals surface area contributed by atoms with E-state index in [1.807, 2.05) is 18.0 Å². The van der Waals surface area contributed by atoms with E-state index in [4.69, 9.17) is 10.3 Å². The number of non-ortho nitro benzene ring substituents is 1. The molecule has 0 saturated heterocycles. The van der Waals surface area contributed by atoms with Crippen LogP contribution in [0.4, 0.5) is 11.4 Å². The highest BCUT2D eigenvalue weighted by Crippen LogP contribution is 2.23. The quantitative estimate of drug-likeness (QED) is 0.476. The SMILES string of the molecule is CN(Cc1ccoc1)Cc1cc([N+](=O)[O-])ccc1NN. The summed E-state index contributed by atoms with van der Waals surface area (Å²) in [7, 11) is 1.92. The zero-order chi connectivity index (χ0) is 14.5. The van der Waals surface area contributed by atoms with Crippen molar-refractivity contribution in [3.8, 4) is 0 Å². The fraction of sp³-hybridized carbons (Fsp3) is 0.231. The van der Waals surface area contributed by atoms with Gasteiger partial charge in [0.2, 0.25) is 0 Å². The molecule has 1 aromatic carbocycles. The molecule has 0 aliphatic carbocycles. The summed E-state index contributed by atoms with van der Waals surface area (Å²) in [6.45, 7) is 1.22. The molecule has 7 heteroatoms. The van der Waals surface area contributed by atoms with Crippen LogP contribution in [-0.4, -0.2) is 16.9 Å². The second kappa shape index (κ2) is 6.18. The predicted molar refractivity (Wildman–Crippen MR) is 74.8 cm³/mol. The lowest BCUT2D eigenvalue weighted by Gasteiger charge is -2.17. The molecule has 3 N–H and O–H groups in total. The number of nitrogen functional groups attached to an aromatic ring is 1. The van der Waals surface area contributed by atoms with Crippen molar-refractivity contribution in [3.63, 3.8) is 0 Å². The monoisotopic (exact) mass is 276 g/mol. The standard InChI is InChI=1S/C13H16N4O3/c1-16(7-10-4-5-20-9-10)8-11-6-12(17(18)19)2-3-13(11)15-14/h2-6,9,15H,7-8,14H2,1H3. The minimum atomic E-state index is -0.417. The van der Waals surface area contributed by atoms with Crippen LogP contribution in [0.25, 0.3) is 0 Å². The maximum Gasteiger partial charge on any atom is 0.269 e. The smallest absolute Gasteiger partial charge is 0.269 e. The molecule has 2 aromatic rings. The first-order valence-corrected chi connectivity index (χ1v) is 6.03. The summed E-state index contributed by atoms with van der Waals surface area (Å²) in [5.74, 6) is 5.44. The van der Waals surface area contributed by atoms with Crippen LogP contribution >= 0.6 is 0 Å². The Morgan fingerprint density at radius 2 is 2.20 bits per heavy atom. The average Bonchev–Trinajstić information content (AvgIpc) is 2.91. The number of nitrogens with zero attached hydrogens (tertiary/aromatic N) is 2. The van der Waals surface area contributed by atoms with Gasteiger partial charge in [0.05, 0.1) is 23.1 Å². The molecule has 0 amide bonds. The topological polar surface area (TPSA) is 97.6 Å². The third-order valence-corrected chi connectivity index (χ3v) is 2.93. The summed E-state index contributed by atoms with van der Waals surface area (Å²) >= 11 is 0. The molecule has 106 valence electrons. The summed E-state index contributed by atoms with van der Waals surface area (Å²) in [5.41, 5.74) is 5.10. The van der Waals surface area contributed by atoms with Gasteiger partial charge in [-0.1, -0.05) is 0 Å². The second-order valence-electron chi connectivity index (χ2n) is 4.55. The van der Waals surface area contributed by atoms with E-state index in [-0.39, 0.29) is 5.69 Å². The zero-order valence-electron chi connectivity index (χ0n) is 11.1. The van der Waals surface area contributed by atoms with Crippen molar-refractivity contribution < 1.29 is 9.34 Å². The minimum Gasteiger partial charge on any atom is -0.472 e. The van der Waals surface area contributed by atoms with Gasteiger partial charge in [0.15, 0.2) is 0 Å². The van der Waals surface area contributed by atoms with Crippen molar-refractivity contribution in [3.05, 3.63) is 58.0 Å². The Labute approximate surface area is 116 Å². The van der Waals surface area contributed by atoms with Crippen molar-refractivity contribution >= 4 is 11.4 Å². The largest absolute Gasteiger partial charge is 0.472 e. The minimum absolute atomic E-state index is 0.0516. The summed E-state index contributed by atoms with van der Waals surface area (Å²) in [6.07, 6.45) is 3.29. The molecular weight excluding hydrogens is 260 g/mol. The summed E-state index contributed by atoms with van der Waals surface area (Å²) in [6, 6.07) is 6.45. The number of nitro groups is 1. The van der Waals surface area contributed by atoms with Crippen LogP contribution < -0.4 is 11.3 Å². The zero-order valence-corrected chi connectivity index (χ0v) is 11.1. The molecule has 0 spiro atoms. The maximum atomic E-state index is 10.8. The number of benzene rings is 1. The molecule has 0 unspecified atom stereocenters. The first-order chi connectivity index (χ1) is 9.60. The predicted octanol–water partition coefficient (Wildman–Crippen LogP) is 2.11. The van der Waals surface area contributed by atoms with E-state index in [2.05, 4.69) is 5.43 Å². The van der Waals surface area contributed by atoms with Crippen LogP contribution in [0.3, 0.4) is 0 Å². The number of anilines is 1. The van der Waals surface area contributed by atoms with Crippen LogP contribution in [0.5, 0.6) is 0 Å². The van der Waals surface area contributed by atoms with Crippen molar-refractivity contribution in [2.24, 2.45) is 5.84 Å². The molecule has 7 nitrogen and oxygen atoms in total. The Morgan fingerprint density at radius 3 is 2.80 bits per heavy atom. The molecule has 0 bridgehead atoms. The first-order valence-electron chi connectivity index (χ1n) is 6.03. The summed E-state index contributed by atoms with van der Waals surface area (Å²) < 4.78 is 5.01. The first kappa shape index (κ1) is 14.0. The van der Waals surface area contributed by atoms with Gasteiger partial charge < -0.3 is 9.84 Å². The summed E-state index contributed by atoms with van der Waals surface area (Å²) in [5, 5.41) is 10.8. The number of nitrogens with two attached hydrogens (primary N) is 1. The third-order valence-electron chi connectivity index (χ3n) is 2.93. The van der Waals surface area contributed by atoms with Gasteiger partial charge in [-0.05, 0) is 24.7 Å². The molecule has 0 aliphatic heterocycles. The molecule has 1 aromatic heterocycles. The normalized spacial score (nSPS) is 10.8. The number of nitro benzene ring substituents is 1. The average molecular weight is 276 g/mol. The van der Waals surface area contributed by atoms with Gasteiger partial charge in [0.25, 0.3) is 5.69 Å². The fourth-order valence-electron chi connectivity index (χ4n) is 2.01. The van der Waals surface area contributed by atoms with E-state index in [0.717, 1.165) is 11.1 Å². The maximum absolute atomic E-state index is 10.8. The molecule has 2 rings (SSSR count). The van der Waals surface area contributed by atoms with Crippen molar-refractivity contribution in [1.82, 2.24) is 4.90 Å². The summed E-state index contributed by atoms with van der Waals surface area (Å²) in [4.78, 5) is 12.4. The molecule has 0 aliphatic rings. The number of hydrogen-bond donors (Lipinski definition) is 2. The molecular formula is C13H16N4O3. The fourth-order valence-corrected chi connectivity index (χ4v) is 2.01. The van der Waals surface area contributed by atoms with E-state index in [9.17, 15) is 10.1 Å². The lowest BCUT2D eigenvalue weighted by molar-refractivity contribution is -0.384. The molecule has 0 radical (unpaired) electrons. The van der Waals surface area contributed by atoms with Crippen molar-refractivity contribution in [1.29, 1.82) is 0 Å². The third kappa shape index (κ3) is 3.34. The Hall–Kier alpha value is -2.38. The van der Waals surface area contributed by atoms with Crippen LogP contribution in [0.2, 0.25) is 0 Å². The Kier molecular flexibility index (Phi) is 4.34. The number of rotatable bonds is 6. The number of hydrazine groups is 1. The van der Waals surface area contributed by atoms with Crippen molar-refractivity contribution in [2.75, 3.05) is 12.5 Å². The molecule has 0 fully saturated rings.